The molecule has 1 aliphatic rings. The Hall–Kier alpha value is -0.00312. The van der Waals surface area contributed by atoms with Crippen molar-refractivity contribution in [1.29, 1.82) is 0 Å². The molecule has 0 N–H and O–H groups in total. The summed E-state index contributed by atoms with van der Waals surface area (Å²) in [6.07, 6.45) is -0.0654. The smallest absolute Gasteiger partial charge is 0.321 e. The fourth-order valence-corrected chi connectivity index (χ4v) is 12.7. The van der Waals surface area contributed by atoms with Crippen LogP contribution in [0.1, 0.15) is 48.5 Å². The highest BCUT2D eigenvalue weighted by Gasteiger charge is 2.64. The van der Waals surface area contributed by atoms with E-state index in [4.69, 9.17) is 9.47 Å². The molecule has 0 aromatic heterocycles. The molecule has 0 aromatic carbocycles. The number of carbonyl (C=O) groups is 1. The van der Waals surface area contributed by atoms with Crippen LogP contribution in [-0.2, 0) is 14.3 Å². The fourth-order valence-electron chi connectivity index (χ4n) is 4.01. The normalized spacial score (nSPS) is 26.8. The minimum Gasteiger partial charge on any atom is -0.465 e. The molecule has 3 nitrogen and oxygen atoms in total. The topological polar surface area (TPSA) is 35.5 Å². The van der Waals surface area contributed by atoms with E-state index in [1.807, 2.05) is 18.7 Å². The first-order valence-corrected chi connectivity index (χ1v) is 12.3. The summed E-state index contributed by atoms with van der Waals surface area (Å²) < 4.78 is 11.4. The van der Waals surface area contributed by atoms with E-state index in [2.05, 4.69) is 41.5 Å². The molecule has 1 heterocycles. The molecule has 1 rings (SSSR count). The quantitative estimate of drug-likeness (QED) is 0.523. The van der Waals surface area contributed by atoms with Gasteiger partial charge in [0.25, 0.3) is 0 Å². The number of carbonyl (C=O) groups excluding carboxylic acids is 1. The molecule has 1 fully saturated rings. The molecule has 0 spiro atoms. The van der Waals surface area contributed by atoms with Crippen LogP contribution in [0.5, 0.6) is 0 Å². The second-order valence-corrected chi connectivity index (χ2v) is 14.4. The van der Waals surface area contributed by atoms with Crippen molar-refractivity contribution < 1.29 is 14.3 Å². The molecule has 2 atom stereocenters. The van der Waals surface area contributed by atoms with E-state index in [1.54, 1.807) is 0 Å². The monoisotopic (exact) mass is 346 g/mol. The number of esters is 1. The van der Waals surface area contributed by atoms with Gasteiger partial charge in [0.1, 0.15) is 4.37 Å². The first-order chi connectivity index (χ1) is 10.3. The third kappa shape index (κ3) is 3.27. The lowest BCUT2D eigenvalue weighted by Gasteiger charge is -2.55. The molecule has 5 heteroatoms. The van der Waals surface area contributed by atoms with Crippen LogP contribution >= 0.6 is 11.8 Å². The van der Waals surface area contributed by atoms with E-state index >= 15 is 0 Å². The minimum absolute atomic E-state index is 0.0168. The Labute approximate surface area is 141 Å². The molecule has 1 saturated heterocycles. The van der Waals surface area contributed by atoms with Crippen LogP contribution in [0.15, 0.2) is 0 Å². The molecule has 0 amide bonds. The highest BCUT2D eigenvalue weighted by atomic mass is 32.2. The molecular formula is C17H34O3SSi. The van der Waals surface area contributed by atoms with Gasteiger partial charge in [0.05, 0.1) is 27.4 Å². The largest absolute Gasteiger partial charge is 0.465 e. The zero-order chi connectivity index (χ0) is 17.0. The third-order valence-corrected chi connectivity index (χ3v) is 14.3. The zero-order valence-electron chi connectivity index (χ0n) is 15.5. The van der Waals surface area contributed by atoms with Crippen molar-refractivity contribution in [3.8, 4) is 0 Å². The van der Waals surface area contributed by atoms with Crippen LogP contribution in [0.25, 0.3) is 0 Å². The molecular weight excluding hydrogens is 312 g/mol. The van der Waals surface area contributed by atoms with Crippen molar-refractivity contribution in [2.45, 2.75) is 77.1 Å². The highest BCUT2D eigenvalue weighted by molar-refractivity contribution is 8.03. The Morgan fingerprint density at radius 1 is 1.23 bits per heavy atom. The summed E-state index contributed by atoms with van der Waals surface area (Å²) in [6.45, 7) is 16.4. The van der Waals surface area contributed by atoms with Gasteiger partial charge in [-0.3, -0.25) is 4.79 Å². The summed E-state index contributed by atoms with van der Waals surface area (Å²) in [6, 6.07) is 3.30. The lowest BCUT2D eigenvalue weighted by Crippen LogP contribution is -2.71. The predicted octanol–water partition coefficient (Wildman–Crippen LogP) is 4.51. The third-order valence-electron chi connectivity index (χ3n) is 5.25. The first-order valence-electron chi connectivity index (χ1n) is 8.68. The van der Waals surface area contributed by atoms with Crippen LogP contribution in [0.4, 0.5) is 0 Å². The number of hydrogen-bond donors (Lipinski definition) is 0. The number of thioether (sulfide) groups is 1. The summed E-state index contributed by atoms with van der Waals surface area (Å²) in [5.74, 6) is 0.872. The Kier molecular flexibility index (Phi) is 7.03. The lowest BCUT2D eigenvalue weighted by molar-refractivity contribution is -0.151. The predicted molar refractivity (Wildman–Crippen MR) is 98.2 cm³/mol. The molecule has 0 aliphatic carbocycles. The minimum atomic E-state index is -1.88. The van der Waals surface area contributed by atoms with E-state index in [-0.39, 0.29) is 17.5 Å². The molecule has 0 saturated carbocycles. The average molecular weight is 347 g/mol. The highest BCUT2D eigenvalue weighted by Crippen LogP contribution is 2.52. The van der Waals surface area contributed by atoms with Gasteiger partial charge < -0.3 is 9.47 Å². The van der Waals surface area contributed by atoms with Gasteiger partial charge >= 0.3 is 5.97 Å². The van der Waals surface area contributed by atoms with Gasteiger partial charge in [0.15, 0.2) is 0 Å². The maximum atomic E-state index is 13.2. The maximum Gasteiger partial charge on any atom is 0.321 e. The molecule has 0 bridgehead atoms. The van der Waals surface area contributed by atoms with Crippen LogP contribution in [-0.4, -0.2) is 43.5 Å². The molecule has 0 radical (unpaired) electrons. The summed E-state index contributed by atoms with van der Waals surface area (Å²) in [5, 5.41) is 0. The van der Waals surface area contributed by atoms with Crippen molar-refractivity contribution in [3.05, 3.63) is 0 Å². The van der Waals surface area contributed by atoms with Gasteiger partial charge in [-0.05, 0) is 12.3 Å². The lowest BCUT2D eigenvalue weighted by atomic mass is 9.86. The molecule has 1 aliphatic heterocycles. The van der Waals surface area contributed by atoms with Crippen LogP contribution in [0.3, 0.4) is 0 Å². The number of ether oxygens (including phenoxy) is 2. The van der Waals surface area contributed by atoms with E-state index in [0.29, 0.717) is 6.61 Å². The standard InChI is InChI=1S/C17H34O3SSi/c1-8-19-15(18)17(22(9-2,10-3)11-4)14(16(5,6)7)20-12-13-21-17/h14H,8-13H2,1-7H3/t14-,17+/m1/s1. The summed E-state index contributed by atoms with van der Waals surface area (Å²) >= 11 is 1.84. The fraction of sp³-hybridized carbons (Fsp3) is 0.941. The number of rotatable bonds is 6. The van der Waals surface area contributed by atoms with E-state index in [0.717, 1.165) is 30.5 Å². The number of hydrogen-bond acceptors (Lipinski definition) is 4. The molecule has 0 unspecified atom stereocenters. The van der Waals surface area contributed by atoms with Gasteiger partial charge in [-0.2, -0.15) is 0 Å². The zero-order valence-corrected chi connectivity index (χ0v) is 17.3. The summed E-state index contributed by atoms with van der Waals surface area (Å²) in [4.78, 5) is 13.2. The molecule has 0 aromatic rings. The Morgan fingerprint density at radius 2 is 1.77 bits per heavy atom. The van der Waals surface area contributed by atoms with Gasteiger partial charge in [-0.1, -0.05) is 59.7 Å². The van der Waals surface area contributed by atoms with E-state index in [1.165, 1.54) is 0 Å². The maximum absolute atomic E-state index is 13.2. The summed E-state index contributed by atoms with van der Waals surface area (Å²) in [7, 11) is -1.88. The van der Waals surface area contributed by atoms with Crippen molar-refractivity contribution in [3.63, 3.8) is 0 Å². The SMILES string of the molecule is CCOC(=O)[C@]1([Si](CC)(CC)CC)SCCO[C@@H]1C(C)(C)C. The molecule has 130 valence electrons. The van der Waals surface area contributed by atoms with Crippen molar-refractivity contribution in [2.75, 3.05) is 19.0 Å². The van der Waals surface area contributed by atoms with Gasteiger partial charge in [0.2, 0.25) is 0 Å². The summed E-state index contributed by atoms with van der Waals surface area (Å²) in [5.41, 5.74) is -0.0715. The second kappa shape index (κ2) is 7.71. The molecule has 22 heavy (non-hydrogen) atoms. The first kappa shape index (κ1) is 20.0. The van der Waals surface area contributed by atoms with Gasteiger partial charge in [-0.15, -0.1) is 11.8 Å². The van der Waals surface area contributed by atoms with E-state index < -0.39 is 12.4 Å². The Morgan fingerprint density at radius 3 is 2.18 bits per heavy atom. The van der Waals surface area contributed by atoms with Gasteiger partial charge in [-0.25, -0.2) is 0 Å². The second-order valence-electron chi connectivity index (χ2n) is 7.26. The van der Waals surface area contributed by atoms with Crippen molar-refractivity contribution >= 4 is 25.8 Å². The van der Waals surface area contributed by atoms with Gasteiger partial charge in [0, 0.05) is 5.75 Å². The van der Waals surface area contributed by atoms with Crippen molar-refractivity contribution in [1.82, 2.24) is 0 Å². The average Bonchev–Trinajstić information content (AvgIpc) is 2.49. The van der Waals surface area contributed by atoms with Crippen LogP contribution in [0, 0.1) is 5.41 Å². The van der Waals surface area contributed by atoms with Crippen LogP contribution < -0.4 is 0 Å². The van der Waals surface area contributed by atoms with E-state index in [9.17, 15) is 4.79 Å². The van der Waals surface area contributed by atoms with Crippen LogP contribution in [0.2, 0.25) is 18.1 Å². The Balaban J connectivity index is 3.52. The Bertz CT molecular complexity index is 368. The van der Waals surface area contributed by atoms with Crippen molar-refractivity contribution in [2.24, 2.45) is 5.41 Å².